The molecule has 0 amide bonds. The third-order valence-electron chi connectivity index (χ3n) is 11.7. The summed E-state index contributed by atoms with van der Waals surface area (Å²) in [5.74, 6) is -0.196. The van der Waals surface area contributed by atoms with Gasteiger partial charge in [0, 0.05) is 11.8 Å². The highest BCUT2D eigenvalue weighted by molar-refractivity contribution is 5.85. The molecule has 2 fully saturated rings. The minimum absolute atomic E-state index is 0.0193. The number of carbonyl (C=O) groups excluding carboxylic acids is 1. The maximum atomic E-state index is 12.8. The molecule has 0 heterocycles. The zero-order valence-electron chi connectivity index (χ0n) is 22.3. The number of rotatable bonds is 6. The van der Waals surface area contributed by atoms with E-state index in [1.807, 2.05) is 0 Å². The van der Waals surface area contributed by atoms with E-state index in [2.05, 4.69) is 41.2 Å². The molecule has 0 radical (unpaired) electrons. The molecule has 4 heteroatoms. The fraction of sp³-hybridized carbons (Fsp3) is 0.800. The van der Waals surface area contributed by atoms with Crippen LogP contribution in [0.4, 0.5) is 0 Å². The number of aliphatic hydroxyl groups excluding tert-OH is 1. The topological polar surface area (TPSA) is 74.6 Å². The number of allylic oxidation sites excluding steroid dienone is 2. The van der Waals surface area contributed by atoms with Crippen molar-refractivity contribution < 1.29 is 19.8 Å². The van der Waals surface area contributed by atoms with Gasteiger partial charge in [0.25, 0.3) is 0 Å². The van der Waals surface area contributed by atoms with Gasteiger partial charge in [-0.3, -0.25) is 9.59 Å². The van der Waals surface area contributed by atoms with Crippen LogP contribution in [-0.2, 0) is 9.59 Å². The average molecular weight is 471 g/mol. The molecule has 4 rings (SSSR count). The van der Waals surface area contributed by atoms with Gasteiger partial charge < -0.3 is 10.2 Å². The van der Waals surface area contributed by atoms with E-state index in [1.54, 1.807) is 18.1 Å². The molecular weight excluding hydrogens is 424 g/mol. The Balaban J connectivity index is 1.68. The normalized spacial score (nSPS) is 40.7. The maximum Gasteiger partial charge on any atom is 0.306 e. The fourth-order valence-electron chi connectivity index (χ4n) is 9.26. The van der Waals surface area contributed by atoms with Crippen LogP contribution in [0.25, 0.3) is 0 Å². The Morgan fingerprint density at radius 3 is 2.29 bits per heavy atom. The Kier molecular flexibility index (Phi) is 6.28. The highest BCUT2D eigenvalue weighted by atomic mass is 16.4. The van der Waals surface area contributed by atoms with Gasteiger partial charge in [0.15, 0.2) is 0 Å². The van der Waals surface area contributed by atoms with E-state index in [4.69, 9.17) is 0 Å². The minimum Gasteiger partial charge on any atom is -0.481 e. The van der Waals surface area contributed by atoms with E-state index in [0.29, 0.717) is 36.5 Å². The summed E-state index contributed by atoms with van der Waals surface area (Å²) in [5.41, 5.74) is 3.73. The largest absolute Gasteiger partial charge is 0.481 e. The lowest BCUT2D eigenvalue weighted by molar-refractivity contribution is -0.147. The summed E-state index contributed by atoms with van der Waals surface area (Å²) in [6.45, 7) is 17.2. The van der Waals surface area contributed by atoms with Crippen LogP contribution >= 0.6 is 0 Å². The van der Waals surface area contributed by atoms with Crippen LogP contribution in [0.15, 0.2) is 23.3 Å². The fourth-order valence-corrected chi connectivity index (χ4v) is 9.26. The first kappa shape index (κ1) is 25.7. The second-order valence-electron chi connectivity index (χ2n) is 13.4. The second kappa shape index (κ2) is 8.32. The van der Waals surface area contributed by atoms with Gasteiger partial charge in [-0.25, -0.2) is 0 Å². The Bertz CT molecular complexity index is 928. The van der Waals surface area contributed by atoms with Crippen molar-refractivity contribution in [1.82, 2.24) is 0 Å². The molecule has 0 saturated heterocycles. The molecule has 190 valence electrons. The number of aliphatic carboxylic acids is 1. The van der Waals surface area contributed by atoms with Gasteiger partial charge in [0.1, 0.15) is 5.78 Å². The third-order valence-corrected chi connectivity index (χ3v) is 11.7. The summed E-state index contributed by atoms with van der Waals surface area (Å²) < 4.78 is 0. The van der Waals surface area contributed by atoms with Gasteiger partial charge in [-0.05, 0) is 92.8 Å². The number of carboxylic acids is 1. The molecule has 0 aromatic rings. The molecule has 7 atom stereocenters. The highest BCUT2D eigenvalue weighted by Gasteiger charge is 2.64. The number of aliphatic hydroxyl groups is 1. The molecule has 34 heavy (non-hydrogen) atoms. The van der Waals surface area contributed by atoms with E-state index in [-0.39, 0.29) is 27.6 Å². The number of carboxylic acid groups (broad SMARTS) is 1. The molecule has 0 aromatic heterocycles. The van der Waals surface area contributed by atoms with E-state index < -0.39 is 18.0 Å². The van der Waals surface area contributed by atoms with Crippen LogP contribution in [0, 0.1) is 39.4 Å². The zero-order valence-corrected chi connectivity index (χ0v) is 22.3. The quantitative estimate of drug-likeness (QED) is 0.422. The average Bonchev–Trinajstić information content (AvgIpc) is 3.02. The molecule has 0 bridgehead atoms. The zero-order chi connectivity index (χ0) is 25.3. The lowest BCUT2D eigenvalue weighted by Crippen LogP contribution is -2.54. The van der Waals surface area contributed by atoms with Crippen molar-refractivity contribution in [3.63, 3.8) is 0 Å². The Labute approximate surface area is 206 Å². The summed E-state index contributed by atoms with van der Waals surface area (Å²) >= 11 is 0. The molecular formula is C30H46O4. The van der Waals surface area contributed by atoms with Gasteiger partial charge >= 0.3 is 5.97 Å². The first-order valence-corrected chi connectivity index (χ1v) is 13.5. The lowest BCUT2D eigenvalue weighted by atomic mass is 9.43. The number of Topliss-reactive ketones (excluding diaryl/α,β-unsaturated/α-hetero) is 1. The standard InChI is InChI=1S/C30H46O4/c1-18(2)23(31)10-8-19(26(33)34)20-12-16-30(7)22-9-11-24-27(3,4)25(32)14-15-28(24,5)21(22)13-17-29(20,30)6/h19-20,23-24,31H,1,8-17H2,2-7H3,(H,33,34)/t19-,20-,23+,24?,28-,29-,30+/m1/s1. The van der Waals surface area contributed by atoms with Gasteiger partial charge in [-0.15, -0.1) is 0 Å². The molecule has 0 aliphatic heterocycles. The van der Waals surface area contributed by atoms with E-state index in [0.717, 1.165) is 44.9 Å². The summed E-state index contributed by atoms with van der Waals surface area (Å²) in [5, 5.41) is 20.5. The van der Waals surface area contributed by atoms with Gasteiger partial charge in [0.05, 0.1) is 12.0 Å². The Morgan fingerprint density at radius 2 is 1.68 bits per heavy atom. The number of carbonyl (C=O) groups is 2. The molecule has 4 aliphatic carbocycles. The van der Waals surface area contributed by atoms with Crippen molar-refractivity contribution in [1.29, 1.82) is 0 Å². The molecule has 4 aliphatic rings. The summed E-state index contributed by atoms with van der Waals surface area (Å²) in [4.78, 5) is 25.3. The molecule has 2 N–H and O–H groups in total. The molecule has 0 spiro atoms. The van der Waals surface area contributed by atoms with Crippen LogP contribution in [0.5, 0.6) is 0 Å². The monoisotopic (exact) mass is 470 g/mol. The van der Waals surface area contributed by atoms with Crippen LogP contribution in [0.2, 0.25) is 0 Å². The predicted molar refractivity (Wildman–Crippen MR) is 135 cm³/mol. The molecule has 0 aromatic carbocycles. The lowest BCUT2D eigenvalue weighted by Gasteiger charge is -2.60. The van der Waals surface area contributed by atoms with E-state index in [1.165, 1.54) is 0 Å². The van der Waals surface area contributed by atoms with E-state index in [9.17, 15) is 19.8 Å². The van der Waals surface area contributed by atoms with Crippen molar-refractivity contribution in [3.05, 3.63) is 23.3 Å². The Morgan fingerprint density at radius 1 is 1.00 bits per heavy atom. The first-order chi connectivity index (χ1) is 15.7. The van der Waals surface area contributed by atoms with Crippen LogP contribution in [-0.4, -0.2) is 28.1 Å². The van der Waals surface area contributed by atoms with Crippen molar-refractivity contribution in [2.24, 2.45) is 39.4 Å². The minimum atomic E-state index is -0.715. The van der Waals surface area contributed by atoms with Crippen LogP contribution in [0.1, 0.15) is 106 Å². The van der Waals surface area contributed by atoms with Crippen molar-refractivity contribution in [3.8, 4) is 0 Å². The summed E-state index contributed by atoms with van der Waals surface area (Å²) in [7, 11) is 0. The highest BCUT2D eigenvalue weighted by Crippen LogP contribution is 2.72. The SMILES string of the molecule is C=C(C)[C@@H](O)CC[C@@H](C(=O)O)[C@H]1CC[C@@]2(C)C3=C(CC[C@]12C)[C@@]1(C)CCC(=O)C(C)(C)C1CC3. The molecule has 1 unspecified atom stereocenters. The number of fused-ring (bicyclic) bond motifs is 4. The van der Waals surface area contributed by atoms with Gasteiger partial charge in [0.2, 0.25) is 0 Å². The van der Waals surface area contributed by atoms with Crippen molar-refractivity contribution in [2.45, 2.75) is 112 Å². The van der Waals surface area contributed by atoms with Crippen molar-refractivity contribution in [2.75, 3.05) is 0 Å². The second-order valence-corrected chi connectivity index (χ2v) is 13.4. The number of hydrogen-bond donors (Lipinski definition) is 2. The Hall–Kier alpha value is -1.42. The van der Waals surface area contributed by atoms with Crippen molar-refractivity contribution >= 4 is 11.8 Å². The first-order valence-electron chi connectivity index (χ1n) is 13.5. The van der Waals surface area contributed by atoms with Gasteiger partial charge in [-0.1, -0.05) is 57.9 Å². The number of ketones is 1. The smallest absolute Gasteiger partial charge is 0.306 e. The van der Waals surface area contributed by atoms with Crippen LogP contribution in [0.3, 0.4) is 0 Å². The summed E-state index contributed by atoms with van der Waals surface area (Å²) in [6, 6.07) is 0. The molecule has 4 nitrogen and oxygen atoms in total. The van der Waals surface area contributed by atoms with Crippen LogP contribution < -0.4 is 0 Å². The van der Waals surface area contributed by atoms with Gasteiger partial charge in [-0.2, -0.15) is 0 Å². The number of hydrogen-bond acceptors (Lipinski definition) is 3. The van der Waals surface area contributed by atoms with E-state index >= 15 is 0 Å². The maximum absolute atomic E-state index is 12.8. The summed E-state index contributed by atoms with van der Waals surface area (Å²) in [6.07, 6.45) is 8.15. The molecule has 2 saturated carbocycles. The predicted octanol–water partition coefficient (Wildman–Crippen LogP) is 6.72. The third kappa shape index (κ3) is 3.49.